The normalized spacial score (nSPS) is 12.1. The van der Waals surface area contributed by atoms with Crippen LogP contribution in [0.4, 0.5) is 0 Å². The molecule has 250 valence electrons. The summed E-state index contributed by atoms with van der Waals surface area (Å²) in [6, 6.07) is 63.6. The number of hydrogen-bond acceptors (Lipinski definition) is 3. The number of aromatic nitrogens is 3. The largest absolute Gasteiger partial charge is 0.278 e. The van der Waals surface area contributed by atoms with Crippen LogP contribution in [-0.2, 0) is 0 Å². The highest BCUT2D eigenvalue weighted by Crippen LogP contribution is 2.42. The zero-order valence-electron chi connectivity index (χ0n) is 29.0. The Hall–Kier alpha value is -6.88. The second kappa shape index (κ2) is 11.3. The van der Waals surface area contributed by atoms with Gasteiger partial charge in [-0.05, 0) is 63.0 Å². The van der Waals surface area contributed by atoms with Crippen LogP contribution < -0.4 is 0 Å². The van der Waals surface area contributed by atoms with Crippen molar-refractivity contribution >= 4 is 96.5 Å². The van der Waals surface area contributed by atoms with Crippen LogP contribution in [0.3, 0.4) is 0 Å². The van der Waals surface area contributed by atoms with Gasteiger partial charge in [-0.3, -0.25) is 4.57 Å². The van der Waals surface area contributed by atoms with Crippen molar-refractivity contribution in [2.24, 2.45) is 0 Å². The lowest BCUT2D eigenvalue weighted by Gasteiger charge is -2.14. The van der Waals surface area contributed by atoms with Crippen LogP contribution in [-0.4, -0.2) is 14.5 Å². The molecule has 0 spiro atoms. The average molecular weight is 704 g/mol. The summed E-state index contributed by atoms with van der Waals surface area (Å²) in [5.41, 5.74) is 7.52. The number of rotatable bonds is 3. The van der Waals surface area contributed by atoms with E-state index in [1.54, 1.807) is 0 Å². The summed E-state index contributed by atoms with van der Waals surface area (Å²) in [6.07, 6.45) is 0. The first-order chi connectivity index (χ1) is 26.8. The van der Waals surface area contributed by atoms with Gasteiger partial charge in [0.15, 0.2) is 0 Å². The number of para-hydroxylation sites is 1. The summed E-state index contributed by atoms with van der Waals surface area (Å²) in [5, 5.41) is 13.3. The fourth-order valence-electron chi connectivity index (χ4n) is 8.64. The Morgan fingerprint density at radius 1 is 0.389 bits per heavy atom. The van der Waals surface area contributed by atoms with Crippen molar-refractivity contribution in [3.8, 4) is 28.3 Å². The average Bonchev–Trinajstić information content (AvgIpc) is 3.78. The summed E-state index contributed by atoms with van der Waals surface area (Å²) >= 11 is 1.88. The molecule has 54 heavy (non-hydrogen) atoms. The fourth-order valence-corrected chi connectivity index (χ4v) is 9.87. The molecule has 0 aliphatic carbocycles. The summed E-state index contributed by atoms with van der Waals surface area (Å²) in [4.78, 5) is 10.9. The summed E-state index contributed by atoms with van der Waals surface area (Å²) in [5.74, 6) is 0.667. The molecule has 0 amide bonds. The van der Waals surface area contributed by atoms with E-state index in [4.69, 9.17) is 9.97 Å². The molecule has 3 heterocycles. The smallest absolute Gasteiger partial charge is 0.235 e. The van der Waals surface area contributed by atoms with Gasteiger partial charge in [-0.2, -0.15) is 0 Å². The molecule has 0 N–H and O–H groups in total. The van der Waals surface area contributed by atoms with E-state index in [9.17, 15) is 0 Å². The highest BCUT2D eigenvalue weighted by Gasteiger charge is 2.20. The minimum Gasteiger partial charge on any atom is -0.278 e. The minimum atomic E-state index is 0.667. The number of thiophene rings is 1. The van der Waals surface area contributed by atoms with Gasteiger partial charge in [0, 0.05) is 52.7 Å². The lowest BCUT2D eigenvalue weighted by Crippen LogP contribution is -2.04. The van der Waals surface area contributed by atoms with Gasteiger partial charge in [0.05, 0.1) is 22.2 Å². The summed E-state index contributed by atoms with van der Waals surface area (Å²) < 4.78 is 4.92. The fraction of sp³-hybridized carbons (Fsp3) is 0. The van der Waals surface area contributed by atoms with Gasteiger partial charge in [0.25, 0.3) is 0 Å². The molecular weight excluding hydrogens is 675 g/mol. The summed E-state index contributed by atoms with van der Waals surface area (Å²) in [7, 11) is 0. The van der Waals surface area contributed by atoms with Crippen LogP contribution >= 0.6 is 11.3 Å². The van der Waals surface area contributed by atoms with Crippen molar-refractivity contribution in [3.63, 3.8) is 0 Å². The molecule has 3 nitrogen and oxygen atoms in total. The Morgan fingerprint density at radius 3 is 1.93 bits per heavy atom. The van der Waals surface area contributed by atoms with Crippen molar-refractivity contribution in [1.29, 1.82) is 0 Å². The standard InChI is InChI=1S/C50H29N3S/c1-3-13-35-30(10-1)12-9-17-36(35)32-20-22-33(23-21-32)47-41-27-24-31-11-2-4-14-37(31)48(41)52-50(51-47)53-44-18-7-5-15-38(44)43-29-42-34(28-45(43)53)25-26-40-39-16-6-8-19-46(39)54-49(40)42/h1-29H. The molecule has 0 atom stereocenters. The van der Waals surface area contributed by atoms with Gasteiger partial charge in [0.2, 0.25) is 5.95 Å². The lowest BCUT2D eigenvalue weighted by molar-refractivity contribution is 1.02. The maximum absolute atomic E-state index is 5.49. The predicted molar refractivity (Wildman–Crippen MR) is 230 cm³/mol. The Kier molecular flexibility index (Phi) is 6.21. The van der Waals surface area contributed by atoms with Gasteiger partial charge in [0.1, 0.15) is 0 Å². The third-order valence-corrected chi connectivity index (χ3v) is 12.4. The Balaban J connectivity index is 1.12. The van der Waals surface area contributed by atoms with E-state index in [0.29, 0.717) is 5.95 Å². The highest BCUT2D eigenvalue weighted by molar-refractivity contribution is 7.26. The van der Waals surface area contributed by atoms with Crippen LogP contribution in [0, 0.1) is 0 Å². The quantitative estimate of drug-likeness (QED) is 0.172. The molecule has 0 radical (unpaired) electrons. The maximum atomic E-state index is 5.49. The van der Waals surface area contributed by atoms with Crippen molar-refractivity contribution < 1.29 is 0 Å². The Morgan fingerprint density at radius 2 is 1.06 bits per heavy atom. The number of benzene rings is 9. The Labute approximate surface area is 314 Å². The first-order valence-corrected chi connectivity index (χ1v) is 19.1. The maximum Gasteiger partial charge on any atom is 0.235 e. The van der Waals surface area contributed by atoms with Crippen molar-refractivity contribution in [1.82, 2.24) is 14.5 Å². The topological polar surface area (TPSA) is 30.7 Å². The minimum absolute atomic E-state index is 0.667. The second-order valence-electron chi connectivity index (χ2n) is 14.1. The van der Waals surface area contributed by atoms with E-state index in [1.165, 1.54) is 63.6 Å². The third-order valence-electron chi connectivity index (χ3n) is 11.2. The SMILES string of the molecule is c1ccc2c(-c3ccc(-c4nc(-n5c6ccccc6c6cc7c(ccc8c9ccccc9sc78)cc65)nc5c4ccc4ccccc45)cc3)cccc2c1. The number of fused-ring (bicyclic) bond motifs is 12. The Bertz CT molecular complexity index is 3490. The molecule has 0 unspecified atom stereocenters. The van der Waals surface area contributed by atoms with Crippen LogP contribution in [0.1, 0.15) is 0 Å². The van der Waals surface area contributed by atoms with Gasteiger partial charge in [-0.15, -0.1) is 11.3 Å². The van der Waals surface area contributed by atoms with Crippen LogP contribution in [0.5, 0.6) is 0 Å². The number of nitrogens with zero attached hydrogens (tertiary/aromatic N) is 3. The lowest BCUT2D eigenvalue weighted by atomic mass is 9.96. The van der Waals surface area contributed by atoms with E-state index >= 15 is 0 Å². The molecule has 0 saturated heterocycles. The molecule has 0 saturated carbocycles. The van der Waals surface area contributed by atoms with Gasteiger partial charge in [-0.1, -0.05) is 146 Å². The van der Waals surface area contributed by atoms with Crippen LogP contribution in [0.2, 0.25) is 0 Å². The van der Waals surface area contributed by atoms with E-state index < -0.39 is 0 Å². The molecular formula is C50H29N3S. The summed E-state index contributed by atoms with van der Waals surface area (Å²) in [6.45, 7) is 0. The molecule has 0 bridgehead atoms. The molecule has 0 aliphatic rings. The highest BCUT2D eigenvalue weighted by atomic mass is 32.1. The van der Waals surface area contributed by atoms with E-state index in [0.717, 1.165) is 44.0 Å². The molecule has 12 aromatic rings. The second-order valence-corrected chi connectivity index (χ2v) is 15.2. The van der Waals surface area contributed by atoms with Gasteiger partial charge in [-0.25, -0.2) is 9.97 Å². The van der Waals surface area contributed by atoms with Crippen LogP contribution in [0.25, 0.3) is 114 Å². The zero-order valence-corrected chi connectivity index (χ0v) is 29.8. The van der Waals surface area contributed by atoms with Gasteiger partial charge < -0.3 is 0 Å². The predicted octanol–water partition coefficient (Wildman–Crippen LogP) is 13.9. The van der Waals surface area contributed by atoms with Crippen molar-refractivity contribution in [3.05, 3.63) is 176 Å². The third kappa shape index (κ3) is 4.29. The monoisotopic (exact) mass is 703 g/mol. The van der Waals surface area contributed by atoms with Gasteiger partial charge >= 0.3 is 0 Å². The molecule has 9 aromatic carbocycles. The van der Waals surface area contributed by atoms with Crippen molar-refractivity contribution in [2.45, 2.75) is 0 Å². The zero-order chi connectivity index (χ0) is 35.3. The van der Waals surface area contributed by atoms with E-state index in [2.05, 4.69) is 180 Å². The first-order valence-electron chi connectivity index (χ1n) is 18.3. The van der Waals surface area contributed by atoms with E-state index in [1.807, 2.05) is 11.3 Å². The first kappa shape index (κ1) is 29.7. The molecule has 0 aliphatic heterocycles. The molecule has 3 aromatic heterocycles. The molecule has 12 rings (SSSR count). The van der Waals surface area contributed by atoms with E-state index in [-0.39, 0.29) is 0 Å². The number of hydrogen-bond donors (Lipinski definition) is 0. The van der Waals surface area contributed by atoms with Crippen LogP contribution in [0.15, 0.2) is 176 Å². The molecule has 0 fully saturated rings. The molecule has 4 heteroatoms. The van der Waals surface area contributed by atoms with Crippen molar-refractivity contribution in [2.75, 3.05) is 0 Å².